The van der Waals surface area contributed by atoms with Crippen LogP contribution in [-0.2, 0) is 23.7 Å². The number of hydrogen-bond donors (Lipinski definition) is 1. The smallest absolute Gasteiger partial charge is 0.416 e. The highest BCUT2D eigenvalue weighted by molar-refractivity contribution is 5.87. The van der Waals surface area contributed by atoms with Gasteiger partial charge in [-0.1, -0.05) is 0 Å². The first-order chi connectivity index (χ1) is 31.6. The van der Waals surface area contributed by atoms with Crippen molar-refractivity contribution in [2.75, 3.05) is 99.9 Å². The number of anilines is 4. The molecular formula is C43H56N16O6. The minimum Gasteiger partial charge on any atom is -0.443 e. The third kappa shape index (κ3) is 9.89. The van der Waals surface area contributed by atoms with E-state index in [1.807, 2.05) is 36.2 Å². The second kappa shape index (κ2) is 19.5. The Morgan fingerprint density at radius 3 is 1.54 bits per heavy atom. The van der Waals surface area contributed by atoms with Crippen LogP contribution in [0.1, 0.15) is 71.8 Å². The summed E-state index contributed by atoms with van der Waals surface area (Å²) in [5, 5.41) is 2.93. The van der Waals surface area contributed by atoms with Gasteiger partial charge in [0.2, 0.25) is 11.9 Å². The maximum atomic E-state index is 12.4. The second-order valence-corrected chi connectivity index (χ2v) is 17.1. The zero-order valence-corrected chi connectivity index (χ0v) is 37.6. The molecule has 4 fully saturated rings. The molecule has 6 aromatic rings. The predicted octanol–water partition coefficient (Wildman–Crippen LogP) is 5.05. The highest BCUT2D eigenvalue weighted by atomic mass is 16.6. The number of fused-ring (bicyclic) bond motifs is 2. The molecule has 2 atom stereocenters. The molecule has 22 heteroatoms. The van der Waals surface area contributed by atoms with E-state index in [0.29, 0.717) is 68.3 Å². The lowest BCUT2D eigenvalue weighted by Gasteiger charge is -2.28. The number of carbonyl (C=O) groups excluding carboxylic acids is 1. The molecule has 10 rings (SSSR count). The molecule has 0 radical (unpaired) electrons. The van der Waals surface area contributed by atoms with Crippen LogP contribution in [0.15, 0.2) is 37.4 Å². The summed E-state index contributed by atoms with van der Waals surface area (Å²) in [4.78, 5) is 64.2. The average molecular weight is 893 g/mol. The molecule has 344 valence electrons. The van der Waals surface area contributed by atoms with Crippen molar-refractivity contribution in [2.45, 2.75) is 77.4 Å². The van der Waals surface area contributed by atoms with Gasteiger partial charge in [0.05, 0.1) is 50.2 Å². The third-order valence-corrected chi connectivity index (χ3v) is 11.4. The first-order valence-electron chi connectivity index (χ1n) is 22.3. The molecule has 0 spiro atoms. The summed E-state index contributed by atoms with van der Waals surface area (Å²) in [5.41, 5.74) is 3.79. The molecule has 1 N–H and O–H groups in total. The van der Waals surface area contributed by atoms with Gasteiger partial charge < -0.3 is 38.8 Å². The fraction of sp³-hybridized carbons (Fsp3) is 0.558. The molecule has 6 aromatic heterocycles. The van der Waals surface area contributed by atoms with Gasteiger partial charge in [-0.25, -0.2) is 59.5 Å². The Balaban J connectivity index is 0.000000168. The quantitative estimate of drug-likeness (QED) is 0.211. The van der Waals surface area contributed by atoms with Gasteiger partial charge in [0.25, 0.3) is 0 Å². The van der Waals surface area contributed by atoms with Crippen LogP contribution >= 0.6 is 0 Å². The molecule has 0 aromatic carbocycles. The third-order valence-electron chi connectivity index (χ3n) is 11.4. The van der Waals surface area contributed by atoms with E-state index in [0.717, 1.165) is 98.7 Å². The molecule has 22 nitrogen and oxygen atoms in total. The second-order valence-electron chi connectivity index (χ2n) is 17.1. The summed E-state index contributed by atoms with van der Waals surface area (Å²) in [5.74, 6) is 3.42. The fourth-order valence-corrected chi connectivity index (χ4v) is 7.96. The number of nitrogens with one attached hydrogen (secondary N) is 1. The van der Waals surface area contributed by atoms with Crippen LogP contribution in [0, 0.1) is 0 Å². The van der Waals surface area contributed by atoms with Crippen LogP contribution in [0.5, 0.6) is 0 Å². The predicted molar refractivity (Wildman–Crippen MR) is 241 cm³/mol. The van der Waals surface area contributed by atoms with Gasteiger partial charge in [-0.2, -0.15) is 0 Å². The highest BCUT2D eigenvalue weighted by Crippen LogP contribution is 2.33. The molecule has 4 saturated heterocycles. The summed E-state index contributed by atoms with van der Waals surface area (Å²) < 4.78 is 32.5. The van der Waals surface area contributed by atoms with Gasteiger partial charge in [0.15, 0.2) is 45.6 Å². The summed E-state index contributed by atoms with van der Waals surface area (Å²) in [6, 6.07) is 0. The number of morpholine rings is 2. The van der Waals surface area contributed by atoms with Crippen LogP contribution < -0.4 is 20.0 Å². The summed E-state index contributed by atoms with van der Waals surface area (Å²) in [6.45, 7) is 12.5. The monoisotopic (exact) mass is 892 g/mol. The van der Waals surface area contributed by atoms with E-state index >= 15 is 0 Å². The maximum absolute atomic E-state index is 12.4. The Hall–Kier alpha value is -6.23. The number of ether oxygens (including phenoxy) is 5. The van der Waals surface area contributed by atoms with Gasteiger partial charge >= 0.3 is 6.09 Å². The summed E-state index contributed by atoms with van der Waals surface area (Å²) in [7, 11) is 3.36. The van der Waals surface area contributed by atoms with Crippen molar-refractivity contribution in [1.82, 2.24) is 59.0 Å². The molecule has 1 amide bonds. The van der Waals surface area contributed by atoms with E-state index in [4.69, 9.17) is 43.6 Å². The number of amides is 1. The lowest BCUT2D eigenvalue weighted by Crippen LogP contribution is -2.37. The SMILES string of the molecule is CN(C(=O)OC(C)(C)C)c1ncc(-c2nc(N3CCOCC3)c3ncn(C4CCCCO4)c3n2)cn1.CNc1ncc(-c2nc(N3CCOCC3)c3ncn(C4CCCCO4)c3n2)cn1. The Labute approximate surface area is 376 Å². The van der Waals surface area contributed by atoms with E-state index in [1.165, 1.54) is 4.90 Å². The van der Waals surface area contributed by atoms with E-state index in [9.17, 15) is 4.79 Å². The molecule has 2 unspecified atom stereocenters. The van der Waals surface area contributed by atoms with Crippen LogP contribution in [0.4, 0.5) is 28.3 Å². The van der Waals surface area contributed by atoms with E-state index in [-0.39, 0.29) is 18.4 Å². The maximum Gasteiger partial charge on any atom is 0.416 e. The topological polar surface area (TPSA) is 224 Å². The van der Waals surface area contributed by atoms with Crippen molar-refractivity contribution < 1.29 is 28.5 Å². The van der Waals surface area contributed by atoms with Crippen molar-refractivity contribution in [2.24, 2.45) is 0 Å². The first-order valence-corrected chi connectivity index (χ1v) is 22.3. The summed E-state index contributed by atoms with van der Waals surface area (Å²) in [6.07, 6.45) is 15.9. The van der Waals surface area contributed by atoms with Crippen LogP contribution in [0.2, 0.25) is 0 Å². The lowest BCUT2D eigenvalue weighted by molar-refractivity contribution is -0.0299. The number of carbonyl (C=O) groups is 1. The molecule has 0 bridgehead atoms. The molecular weight excluding hydrogens is 837 g/mol. The van der Waals surface area contributed by atoms with Crippen molar-refractivity contribution >= 4 is 52.0 Å². The molecule has 4 aliphatic rings. The molecule has 65 heavy (non-hydrogen) atoms. The van der Waals surface area contributed by atoms with Crippen LogP contribution in [0.3, 0.4) is 0 Å². The fourth-order valence-electron chi connectivity index (χ4n) is 7.96. The van der Waals surface area contributed by atoms with Crippen molar-refractivity contribution in [3.8, 4) is 22.8 Å². The van der Waals surface area contributed by atoms with E-state index in [1.54, 1.807) is 45.2 Å². The Bertz CT molecular complexity index is 2540. The van der Waals surface area contributed by atoms with Gasteiger partial charge in [-0.05, 0) is 59.3 Å². The van der Waals surface area contributed by atoms with Crippen molar-refractivity contribution in [1.29, 1.82) is 0 Å². The zero-order valence-electron chi connectivity index (χ0n) is 37.6. The number of rotatable bonds is 8. The molecule has 10 heterocycles. The summed E-state index contributed by atoms with van der Waals surface area (Å²) >= 11 is 0. The average Bonchev–Trinajstić information content (AvgIpc) is 3.99. The Morgan fingerprint density at radius 2 is 1.12 bits per heavy atom. The van der Waals surface area contributed by atoms with E-state index in [2.05, 4.69) is 45.0 Å². The number of nitrogens with zero attached hydrogens (tertiary/aromatic N) is 15. The Morgan fingerprint density at radius 1 is 0.662 bits per heavy atom. The minimum atomic E-state index is -0.616. The first kappa shape index (κ1) is 44.0. The van der Waals surface area contributed by atoms with Gasteiger partial charge in [-0.3, -0.25) is 9.13 Å². The number of hydrogen-bond acceptors (Lipinski definition) is 19. The Kier molecular flexibility index (Phi) is 13.2. The highest BCUT2D eigenvalue weighted by Gasteiger charge is 2.28. The zero-order chi connectivity index (χ0) is 44.9. The standard InChI is InChI=1S/C24H32N8O4.C19H24N8O2/c1-24(2,3)36-23(33)30(4)22-25-13-16(14-26-22)19-28-20(31-8-11-34-12-9-31)18-21(29-19)32(15-27-18)17-7-5-6-10-35-17;1-20-19-21-10-13(11-22-19)16-24-17(26-5-8-28-9-6-26)15-18(25-16)27(12-23-15)14-4-2-3-7-29-14/h13-15,17H,5-12H2,1-4H3;10-12,14H,2-9H2,1H3,(H,20,21,22). The van der Waals surface area contributed by atoms with Crippen molar-refractivity contribution in [3.63, 3.8) is 0 Å². The molecule has 0 saturated carbocycles. The largest absolute Gasteiger partial charge is 0.443 e. The number of imidazole rings is 2. The van der Waals surface area contributed by atoms with Crippen LogP contribution in [-0.4, -0.2) is 151 Å². The number of aromatic nitrogens is 12. The molecule has 4 aliphatic heterocycles. The van der Waals surface area contributed by atoms with Gasteiger partial charge in [-0.15, -0.1) is 0 Å². The normalized spacial score (nSPS) is 19.5. The van der Waals surface area contributed by atoms with Gasteiger partial charge in [0, 0.05) is 78.3 Å². The minimum absolute atomic E-state index is 0.0445. The van der Waals surface area contributed by atoms with E-state index < -0.39 is 11.7 Å². The lowest BCUT2D eigenvalue weighted by atomic mass is 10.2. The van der Waals surface area contributed by atoms with Crippen molar-refractivity contribution in [3.05, 3.63) is 37.4 Å². The van der Waals surface area contributed by atoms with Gasteiger partial charge in [0.1, 0.15) is 18.1 Å². The van der Waals surface area contributed by atoms with Crippen LogP contribution in [0.25, 0.3) is 45.1 Å². The molecule has 0 aliphatic carbocycles.